The third-order valence-corrected chi connectivity index (χ3v) is 4.71. The lowest BCUT2D eigenvalue weighted by Crippen LogP contribution is -2.30. The zero-order chi connectivity index (χ0) is 21.0. The molecule has 3 rings (SSSR count). The van der Waals surface area contributed by atoms with E-state index in [-0.39, 0.29) is 11.7 Å². The van der Waals surface area contributed by atoms with Gasteiger partial charge in [0, 0.05) is 10.6 Å². The molecule has 1 atom stereocenters. The van der Waals surface area contributed by atoms with Gasteiger partial charge in [-0.25, -0.2) is 4.63 Å². The Labute approximate surface area is 173 Å². The van der Waals surface area contributed by atoms with Crippen molar-refractivity contribution in [1.29, 1.82) is 0 Å². The highest BCUT2D eigenvalue weighted by molar-refractivity contribution is 6.31. The highest BCUT2D eigenvalue weighted by Gasteiger charge is 2.21. The summed E-state index contributed by atoms with van der Waals surface area (Å²) in [4.78, 5) is 12.6. The van der Waals surface area contributed by atoms with Gasteiger partial charge < -0.3 is 14.8 Å². The van der Waals surface area contributed by atoms with E-state index in [1.807, 2.05) is 39.0 Å². The molecule has 0 radical (unpaired) electrons. The topological polar surface area (TPSA) is 86.5 Å². The van der Waals surface area contributed by atoms with Gasteiger partial charge in [0.15, 0.2) is 11.8 Å². The molecule has 1 N–H and O–H groups in total. The van der Waals surface area contributed by atoms with Crippen LogP contribution in [0.25, 0.3) is 11.3 Å². The first-order valence-electron chi connectivity index (χ1n) is 9.19. The van der Waals surface area contributed by atoms with E-state index in [0.29, 0.717) is 23.1 Å². The van der Waals surface area contributed by atoms with Crippen LogP contribution in [0.15, 0.2) is 41.0 Å². The SMILES string of the molecule is CCOc1ccc(-c2nonc2NC(=O)[C@H](C)Oc2ccc(Cl)c(C)c2)cc1C. The predicted octanol–water partition coefficient (Wildman–Crippen LogP) is 4.81. The lowest BCUT2D eigenvalue weighted by Gasteiger charge is -2.14. The maximum absolute atomic E-state index is 12.6. The van der Waals surface area contributed by atoms with Gasteiger partial charge in [0.1, 0.15) is 11.5 Å². The molecule has 3 aromatic rings. The molecule has 0 unspecified atom stereocenters. The fourth-order valence-corrected chi connectivity index (χ4v) is 2.86. The lowest BCUT2D eigenvalue weighted by molar-refractivity contribution is -0.122. The Morgan fingerprint density at radius 1 is 1.17 bits per heavy atom. The van der Waals surface area contributed by atoms with E-state index >= 15 is 0 Å². The number of anilines is 1. The standard InChI is InChI=1S/C21H22ClN3O4/c1-5-27-18-9-6-15(10-13(18)3)19-20(25-29-24-19)23-21(26)14(4)28-16-7-8-17(22)12(2)11-16/h6-11,14H,5H2,1-4H3,(H,23,25,26)/t14-/m0/s1. The minimum absolute atomic E-state index is 0.223. The van der Waals surface area contributed by atoms with Crippen LogP contribution in [0.1, 0.15) is 25.0 Å². The van der Waals surface area contributed by atoms with E-state index in [9.17, 15) is 4.79 Å². The smallest absolute Gasteiger partial charge is 0.266 e. The van der Waals surface area contributed by atoms with Gasteiger partial charge in [0.05, 0.1) is 6.61 Å². The van der Waals surface area contributed by atoms with Crippen LogP contribution in [0.2, 0.25) is 5.02 Å². The van der Waals surface area contributed by atoms with Gasteiger partial charge in [0.25, 0.3) is 5.91 Å². The maximum atomic E-state index is 12.6. The molecule has 1 heterocycles. The Morgan fingerprint density at radius 2 is 1.97 bits per heavy atom. The maximum Gasteiger partial charge on any atom is 0.266 e. The normalized spacial score (nSPS) is 11.8. The largest absolute Gasteiger partial charge is 0.494 e. The zero-order valence-corrected chi connectivity index (χ0v) is 17.4. The number of hydrogen-bond acceptors (Lipinski definition) is 6. The van der Waals surface area contributed by atoms with Crippen LogP contribution in [0.4, 0.5) is 5.82 Å². The van der Waals surface area contributed by atoms with E-state index < -0.39 is 6.10 Å². The van der Waals surface area contributed by atoms with Gasteiger partial charge in [-0.05, 0) is 85.5 Å². The molecular formula is C21H22ClN3O4. The number of nitrogens with zero attached hydrogens (tertiary/aromatic N) is 2. The summed E-state index contributed by atoms with van der Waals surface area (Å²) in [6.07, 6.45) is -0.762. The summed E-state index contributed by atoms with van der Waals surface area (Å²) in [5, 5.41) is 11.1. The molecule has 2 aromatic carbocycles. The van der Waals surface area contributed by atoms with Crippen molar-refractivity contribution < 1.29 is 18.9 Å². The van der Waals surface area contributed by atoms with Crippen LogP contribution in [-0.2, 0) is 4.79 Å². The molecule has 7 nitrogen and oxygen atoms in total. The number of hydrogen-bond donors (Lipinski definition) is 1. The fourth-order valence-electron chi connectivity index (χ4n) is 2.74. The third-order valence-electron chi connectivity index (χ3n) is 4.29. The molecule has 0 saturated carbocycles. The molecule has 0 bridgehead atoms. The van der Waals surface area contributed by atoms with Gasteiger partial charge in [-0.1, -0.05) is 11.6 Å². The number of halogens is 1. The fraction of sp³-hybridized carbons (Fsp3) is 0.286. The molecular weight excluding hydrogens is 394 g/mol. The number of amides is 1. The molecule has 8 heteroatoms. The van der Waals surface area contributed by atoms with E-state index in [1.54, 1.807) is 25.1 Å². The molecule has 0 fully saturated rings. The second kappa shape index (κ2) is 8.96. The Morgan fingerprint density at radius 3 is 2.66 bits per heavy atom. The molecule has 1 aromatic heterocycles. The van der Waals surface area contributed by atoms with E-state index in [2.05, 4.69) is 15.6 Å². The van der Waals surface area contributed by atoms with Gasteiger partial charge in [-0.3, -0.25) is 4.79 Å². The van der Waals surface area contributed by atoms with Crippen LogP contribution in [0.3, 0.4) is 0 Å². The monoisotopic (exact) mass is 415 g/mol. The van der Waals surface area contributed by atoms with Gasteiger partial charge in [-0.15, -0.1) is 0 Å². The first kappa shape index (κ1) is 20.7. The number of carbonyl (C=O) groups is 1. The number of aromatic nitrogens is 2. The highest BCUT2D eigenvalue weighted by Crippen LogP contribution is 2.29. The molecule has 0 aliphatic rings. The van der Waals surface area contributed by atoms with E-state index in [1.165, 1.54) is 0 Å². The van der Waals surface area contributed by atoms with Crippen LogP contribution >= 0.6 is 11.6 Å². The second-order valence-corrected chi connectivity index (χ2v) is 6.94. The van der Waals surface area contributed by atoms with Crippen molar-refractivity contribution in [2.24, 2.45) is 0 Å². The van der Waals surface area contributed by atoms with Crippen molar-refractivity contribution >= 4 is 23.3 Å². The first-order valence-corrected chi connectivity index (χ1v) is 9.57. The summed E-state index contributed by atoms with van der Waals surface area (Å²) in [5.74, 6) is 1.19. The zero-order valence-electron chi connectivity index (χ0n) is 16.7. The second-order valence-electron chi connectivity index (χ2n) is 6.54. The molecule has 0 aliphatic heterocycles. The van der Waals surface area contributed by atoms with Crippen molar-refractivity contribution in [2.75, 3.05) is 11.9 Å². The quantitative estimate of drug-likeness (QED) is 0.595. The number of benzene rings is 2. The molecule has 29 heavy (non-hydrogen) atoms. The van der Waals surface area contributed by atoms with Crippen molar-refractivity contribution in [3.05, 3.63) is 52.5 Å². The minimum atomic E-state index is -0.762. The Kier molecular flexibility index (Phi) is 6.39. The Bertz CT molecular complexity index is 1020. The van der Waals surface area contributed by atoms with E-state index in [0.717, 1.165) is 22.4 Å². The summed E-state index contributed by atoms with van der Waals surface area (Å²) < 4.78 is 16.1. The van der Waals surface area contributed by atoms with Crippen molar-refractivity contribution in [3.8, 4) is 22.8 Å². The van der Waals surface area contributed by atoms with Crippen molar-refractivity contribution in [1.82, 2.24) is 10.3 Å². The molecule has 0 spiro atoms. The number of ether oxygens (including phenoxy) is 2. The Balaban J connectivity index is 1.72. The molecule has 1 amide bonds. The number of nitrogens with one attached hydrogen (secondary N) is 1. The molecule has 152 valence electrons. The van der Waals surface area contributed by atoms with Crippen LogP contribution < -0.4 is 14.8 Å². The van der Waals surface area contributed by atoms with Crippen LogP contribution in [0.5, 0.6) is 11.5 Å². The van der Waals surface area contributed by atoms with Crippen molar-refractivity contribution in [3.63, 3.8) is 0 Å². The molecule has 0 aliphatic carbocycles. The average molecular weight is 416 g/mol. The van der Waals surface area contributed by atoms with Gasteiger partial charge >= 0.3 is 0 Å². The summed E-state index contributed by atoms with van der Waals surface area (Å²) in [5.41, 5.74) is 2.99. The summed E-state index contributed by atoms with van der Waals surface area (Å²) in [7, 11) is 0. The summed E-state index contributed by atoms with van der Waals surface area (Å²) >= 11 is 6.02. The average Bonchev–Trinajstić information content (AvgIpc) is 3.14. The van der Waals surface area contributed by atoms with Crippen LogP contribution in [0, 0.1) is 13.8 Å². The summed E-state index contributed by atoms with van der Waals surface area (Å²) in [6.45, 7) is 7.96. The first-order chi connectivity index (χ1) is 13.9. The minimum Gasteiger partial charge on any atom is -0.494 e. The van der Waals surface area contributed by atoms with Gasteiger partial charge in [0.2, 0.25) is 5.82 Å². The van der Waals surface area contributed by atoms with E-state index in [4.69, 9.17) is 25.7 Å². The lowest BCUT2D eigenvalue weighted by atomic mass is 10.1. The van der Waals surface area contributed by atoms with Gasteiger partial charge in [-0.2, -0.15) is 0 Å². The van der Waals surface area contributed by atoms with Crippen molar-refractivity contribution in [2.45, 2.75) is 33.8 Å². The number of carbonyl (C=O) groups excluding carboxylic acids is 1. The Hall–Kier alpha value is -3.06. The number of aryl methyl sites for hydroxylation is 2. The predicted molar refractivity (Wildman–Crippen MR) is 111 cm³/mol. The molecule has 0 saturated heterocycles. The van der Waals surface area contributed by atoms with Crippen LogP contribution in [-0.4, -0.2) is 28.9 Å². The highest BCUT2D eigenvalue weighted by atomic mass is 35.5. The summed E-state index contributed by atoms with van der Waals surface area (Å²) in [6, 6.07) is 10.8. The third kappa shape index (κ3) is 4.86. The number of rotatable bonds is 7.